The lowest BCUT2D eigenvalue weighted by molar-refractivity contribution is 0.00992. The van der Waals surface area contributed by atoms with Gasteiger partial charge in [0.15, 0.2) is 5.17 Å². The molecule has 0 radical (unpaired) electrons. The minimum absolute atomic E-state index is 0.168. The minimum Gasteiger partial charge on any atom is -0.444 e. The molecule has 144 valence electrons. The van der Waals surface area contributed by atoms with Gasteiger partial charge in [0.1, 0.15) is 5.60 Å². The highest BCUT2D eigenvalue weighted by Gasteiger charge is 2.46. The number of carbonyl (C=O) groups is 1. The summed E-state index contributed by atoms with van der Waals surface area (Å²) in [6, 6.07) is 7.47. The molecule has 2 heterocycles. The maximum absolute atomic E-state index is 12.2. The van der Waals surface area contributed by atoms with E-state index in [0.29, 0.717) is 30.5 Å². The molecule has 0 bridgehead atoms. The smallest absolute Gasteiger partial charge is 0.413 e. The van der Waals surface area contributed by atoms with Crippen LogP contribution in [0.1, 0.15) is 32.8 Å². The van der Waals surface area contributed by atoms with Crippen molar-refractivity contribution in [1.29, 1.82) is 0 Å². The standard InChI is InChI=1S/C18H23N5O3S/c1-17(2,3)26-16(24)20-15-21-18(7-8-25-10-13(18)11-27-15)12-5-4-6-14(9-12)22-23-19/h4-6,9,13H,7-8,10-11H2,1-3H3,(H,20,21,24)/t13-,18+/m0/s1. The summed E-state index contributed by atoms with van der Waals surface area (Å²) in [5, 5.41) is 7.02. The first kappa shape index (κ1) is 19.5. The van der Waals surface area contributed by atoms with Gasteiger partial charge in [0.2, 0.25) is 0 Å². The average Bonchev–Trinajstić information content (AvgIpc) is 2.60. The number of hydrogen-bond donors (Lipinski definition) is 1. The van der Waals surface area contributed by atoms with Gasteiger partial charge in [0, 0.05) is 35.3 Å². The van der Waals surface area contributed by atoms with Crippen LogP contribution in [0.25, 0.3) is 10.4 Å². The monoisotopic (exact) mass is 389 g/mol. The van der Waals surface area contributed by atoms with Crippen LogP contribution < -0.4 is 5.32 Å². The Morgan fingerprint density at radius 3 is 3.07 bits per heavy atom. The topological polar surface area (TPSA) is 109 Å². The average molecular weight is 389 g/mol. The quantitative estimate of drug-likeness (QED) is 0.456. The lowest BCUT2D eigenvalue weighted by atomic mass is 9.76. The Bertz CT molecular complexity index is 800. The lowest BCUT2D eigenvalue weighted by Crippen LogP contribution is -2.48. The van der Waals surface area contributed by atoms with E-state index in [0.717, 1.165) is 11.3 Å². The number of nitrogens with one attached hydrogen (secondary N) is 1. The van der Waals surface area contributed by atoms with Crippen molar-refractivity contribution >= 4 is 28.7 Å². The van der Waals surface area contributed by atoms with Gasteiger partial charge in [-0.3, -0.25) is 10.3 Å². The Morgan fingerprint density at radius 2 is 2.33 bits per heavy atom. The van der Waals surface area contributed by atoms with E-state index in [9.17, 15) is 4.79 Å². The Hall–Kier alpha value is -2.22. The van der Waals surface area contributed by atoms with Crippen molar-refractivity contribution in [2.75, 3.05) is 19.0 Å². The number of alkyl carbamates (subject to hydrolysis) is 1. The first-order valence-corrected chi connectivity index (χ1v) is 9.77. The third-order valence-corrected chi connectivity index (χ3v) is 5.49. The Balaban J connectivity index is 1.94. The SMILES string of the molecule is CC(C)(C)OC(=O)NC1=N[C@@]2(c3cccc(N=[N+]=[N-])c3)CCOC[C@H]2CS1. The molecule has 1 fully saturated rings. The minimum atomic E-state index is -0.577. The third kappa shape index (κ3) is 4.55. The number of fused-ring (bicyclic) bond motifs is 1. The summed E-state index contributed by atoms with van der Waals surface area (Å²) in [6.45, 7) is 6.64. The molecular formula is C18H23N5O3S. The molecule has 0 aliphatic carbocycles. The number of aliphatic imine (C=N–C) groups is 1. The van der Waals surface area contributed by atoms with Crippen molar-refractivity contribution in [1.82, 2.24) is 5.32 Å². The fourth-order valence-corrected chi connectivity index (χ4v) is 4.42. The molecule has 9 heteroatoms. The van der Waals surface area contributed by atoms with Crippen LogP contribution in [0.4, 0.5) is 10.5 Å². The van der Waals surface area contributed by atoms with Crippen LogP contribution in [0.5, 0.6) is 0 Å². The largest absolute Gasteiger partial charge is 0.444 e. The number of ether oxygens (including phenoxy) is 2. The van der Waals surface area contributed by atoms with E-state index in [1.807, 2.05) is 39.0 Å². The van der Waals surface area contributed by atoms with Crippen LogP contribution in [-0.4, -0.2) is 35.8 Å². The van der Waals surface area contributed by atoms with Gasteiger partial charge in [-0.25, -0.2) is 4.79 Å². The Morgan fingerprint density at radius 1 is 1.52 bits per heavy atom. The van der Waals surface area contributed by atoms with Crippen LogP contribution in [-0.2, 0) is 15.0 Å². The summed E-state index contributed by atoms with van der Waals surface area (Å²) >= 11 is 1.49. The zero-order chi connectivity index (χ0) is 19.5. The number of nitrogens with zero attached hydrogens (tertiary/aromatic N) is 4. The molecular weight excluding hydrogens is 366 g/mol. The van der Waals surface area contributed by atoms with Crippen molar-refractivity contribution in [2.45, 2.75) is 38.3 Å². The number of thioether (sulfide) groups is 1. The van der Waals surface area contributed by atoms with Crippen LogP contribution in [0.3, 0.4) is 0 Å². The van der Waals surface area contributed by atoms with Gasteiger partial charge in [-0.2, -0.15) is 0 Å². The molecule has 2 aliphatic heterocycles. The first-order chi connectivity index (χ1) is 12.8. The van der Waals surface area contributed by atoms with Crippen LogP contribution in [0, 0.1) is 5.92 Å². The lowest BCUT2D eigenvalue weighted by Gasteiger charge is -2.44. The van der Waals surface area contributed by atoms with E-state index in [1.165, 1.54) is 11.8 Å². The van der Waals surface area contributed by atoms with Crippen LogP contribution >= 0.6 is 11.8 Å². The summed E-state index contributed by atoms with van der Waals surface area (Å²) in [7, 11) is 0. The molecule has 1 amide bonds. The van der Waals surface area contributed by atoms with Crippen LogP contribution in [0.2, 0.25) is 0 Å². The zero-order valence-corrected chi connectivity index (χ0v) is 16.5. The van der Waals surface area contributed by atoms with Gasteiger partial charge in [-0.1, -0.05) is 35.1 Å². The molecule has 27 heavy (non-hydrogen) atoms. The number of hydrogen-bond acceptors (Lipinski definition) is 6. The predicted octanol–water partition coefficient (Wildman–Crippen LogP) is 4.49. The normalized spacial score (nSPS) is 24.9. The number of carbonyl (C=O) groups excluding carboxylic acids is 1. The summed E-state index contributed by atoms with van der Waals surface area (Å²) in [6.07, 6.45) is 0.175. The number of benzene rings is 1. The molecule has 1 aromatic rings. The molecule has 2 atom stereocenters. The van der Waals surface area contributed by atoms with Crippen molar-refractivity contribution in [2.24, 2.45) is 16.0 Å². The van der Waals surface area contributed by atoms with Gasteiger partial charge in [0.05, 0.1) is 12.1 Å². The highest BCUT2D eigenvalue weighted by Crippen LogP contribution is 2.46. The van der Waals surface area contributed by atoms with E-state index < -0.39 is 17.2 Å². The molecule has 8 nitrogen and oxygen atoms in total. The second-order valence-corrected chi connectivity index (χ2v) is 8.55. The van der Waals surface area contributed by atoms with Gasteiger partial charge in [-0.05, 0) is 37.9 Å². The molecule has 1 saturated heterocycles. The van der Waals surface area contributed by atoms with Gasteiger partial charge < -0.3 is 9.47 Å². The van der Waals surface area contributed by atoms with E-state index in [4.69, 9.17) is 20.0 Å². The number of amidine groups is 1. The molecule has 2 aliphatic rings. The van der Waals surface area contributed by atoms with Crippen molar-refractivity contribution in [3.05, 3.63) is 40.3 Å². The highest BCUT2D eigenvalue weighted by molar-refractivity contribution is 8.13. The summed E-state index contributed by atoms with van der Waals surface area (Å²) in [4.78, 5) is 20.0. The first-order valence-electron chi connectivity index (χ1n) is 8.78. The molecule has 0 aromatic heterocycles. The summed E-state index contributed by atoms with van der Waals surface area (Å²) < 4.78 is 11.0. The molecule has 0 spiro atoms. The van der Waals surface area contributed by atoms with Gasteiger partial charge >= 0.3 is 6.09 Å². The number of rotatable bonds is 2. The Labute approximate surface area is 162 Å². The Kier molecular flexibility index (Phi) is 5.64. The molecule has 3 rings (SSSR count). The second kappa shape index (κ2) is 7.80. The number of azide groups is 1. The zero-order valence-electron chi connectivity index (χ0n) is 15.6. The fraction of sp³-hybridized carbons (Fsp3) is 0.556. The maximum Gasteiger partial charge on any atom is 0.413 e. The second-order valence-electron chi connectivity index (χ2n) is 7.54. The summed E-state index contributed by atoms with van der Waals surface area (Å²) in [5.41, 5.74) is 9.14. The maximum atomic E-state index is 12.2. The molecule has 0 unspecified atom stereocenters. The van der Waals surface area contributed by atoms with Crippen LogP contribution in [0.15, 0.2) is 34.4 Å². The highest BCUT2D eigenvalue weighted by atomic mass is 32.2. The van der Waals surface area contributed by atoms with Crippen molar-refractivity contribution in [3.8, 4) is 0 Å². The predicted molar refractivity (Wildman–Crippen MR) is 105 cm³/mol. The van der Waals surface area contributed by atoms with Gasteiger partial charge in [0.25, 0.3) is 0 Å². The molecule has 0 saturated carbocycles. The van der Waals surface area contributed by atoms with E-state index in [-0.39, 0.29) is 5.92 Å². The number of amides is 1. The van der Waals surface area contributed by atoms with Gasteiger partial charge in [-0.15, -0.1) is 0 Å². The van der Waals surface area contributed by atoms with Crippen molar-refractivity contribution < 1.29 is 14.3 Å². The van der Waals surface area contributed by atoms with Crippen molar-refractivity contribution in [3.63, 3.8) is 0 Å². The fourth-order valence-electron chi connectivity index (χ4n) is 3.31. The van der Waals surface area contributed by atoms with E-state index in [2.05, 4.69) is 15.3 Å². The third-order valence-electron chi connectivity index (χ3n) is 4.46. The molecule has 1 aromatic carbocycles. The van der Waals surface area contributed by atoms with E-state index in [1.54, 1.807) is 6.07 Å². The summed E-state index contributed by atoms with van der Waals surface area (Å²) in [5.74, 6) is 0.933. The van der Waals surface area contributed by atoms with E-state index >= 15 is 0 Å². The molecule has 1 N–H and O–H groups in total.